The zero-order chi connectivity index (χ0) is 19.0. The summed E-state index contributed by atoms with van der Waals surface area (Å²) in [7, 11) is 0. The maximum absolute atomic E-state index is 12.9. The summed E-state index contributed by atoms with van der Waals surface area (Å²) in [4.78, 5) is 14.9. The molecule has 5 rings (SSSR count). The van der Waals surface area contributed by atoms with Gasteiger partial charge in [-0.1, -0.05) is 24.6 Å². The predicted molar refractivity (Wildman–Crippen MR) is 106 cm³/mol. The molecule has 0 aliphatic carbocycles. The smallest absolute Gasteiger partial charge is 0.239 e. The Morgan fingerprint density at radius 1 is 1.18 bits per heavy atom. The Morgan fingerprint density at radius 3 is 2.75 bits per heavy atom. The number of amides is 1. The van der Waals surface area contributed by atoms with E-state index in [-0.39, 0.29) is 17.6 Å². The van der Waals surface area contributed by atoms with Crippen LogP contribution in [0.1, 0.15) is 43.4 Å². The second-order valence-electron chi connectivity index (χ2n) is 8.20. The normalized spacial score (nSPS) is 24.1. The fraction of sp³-hybridized carbons (Fsp3) is 0.545. The van der Waals surface area contributed by atoms with Gasteiger partial charge in [-0.25, -0.2) is 4.68 Å². The molecule has 1 N–H and O–H groups in total. The topological polar surface area (TPSA) is 59.4 Å². The van der Waals surface area contributed by atoms with Gasteiger partial charge in [-0.2, -0.15) is 5.10 Å². The molecule has 0 unspecified atom stereocenters. The van der Waals surface area contributed by atoms with Gasteiger partial charge in [0.2, 0.25) is 5.91 Å². The molecule has 0 bridgehead atoms. The second kappa shape index (κ2) is 7.33. The third kappa shape index (κ3) is 3.14. The van der Waals surface area contributed by atoms with Crippen LogP contribution in [0.25, 0.3) is 5.69 Å². The van der Waals surface area contributed by atoms with E-state index < -0.39 is 0 Å². The van der Waals surface area contributed by atoms with Crippen molar-refractivity contribution < 1.29 is 9.53 Å². The minimum absolute atomic E-state index is 0.00271. The summed E-state index contributed by atoms with van der Waals surface area (Å²) in [5, 5.41) is 8.32. The summed E-state index contributed by atoms with van der Waals surface area (Å²) in [6, 6.07) is 10.2. The lowest BCUT2D eigenvalue weighted by atomic mass is 9.83. The van der Waals surface area contributed by atoms with Gasteiger partial charge in [-0.15, -0.1) is 0 Å². The van der Waals surface area contributed by atoms with Crippen LogP contribution in [0.2, 0.25) is 0 Å². The van der Waals surface area contributed by atoms with E-state index in [2.05, 4.69) is 23.6 Å². The van der Waals surface area contributed by atoms with E-state index >= 15 is 0 Å². The molecule has 1 aromatic heterocycles. The molecule has 28 heavy (non-hydrogen) atoms. The van der Waals surface area contributed by atoms with Gasteiger partial charge in [0.15, 0.2) is 0 Å². The summed E-state index contributed by atoms with van der Waals surface area (Å²) in [6.07, 6.45) is 7.98. The van der Waals surface area contributed by atoms with Gasteiger partial charge in [-0.3, -0.25) is 4.79 Å². The molecule has 1 spiro atoms. The maximum atomic E-state index is 12.9. The van der Waals surface area contributed by atoms with Crippen LogP contribution >= 0.6 is 0 Å². The van der Waals surface area contributed by atoms with Crippen molar-refractivity contribution in [3.05, 3.63) is 47.8 Å². The molecular formula is C22H28N4O2. The lowest BCUT2D eigenvalue weighted by Gasteiger charge is -2.43. The van der Waals surface area contributed by atoms with Crippen molar-refractivity contribution in [1.82, 2.24) is 20.0 Å². The molecular weight excluding hydrogens is 352 g/mol. The number of nitrogens with zero attached hydrogens (tertiary/aromatic N) is 3. The van der Waals surface area contributed by atoms with Crippen molar-refractivity contribution in [3.8, 4) is 5.69 Å². The predicted octanol–water partition coefficient (Wildman–Crippen LogP) is 2.40. The molecule has 3 aliphatic heterocycles. The molecule has 4 heterocycles. The van der Waals surface area contributed by atoms with Crippen molar-refractivity contribution in [1.29, 1.82) is 0 Å². The lowest BCUT2D eigenvalue weighted by Crippen LogP contribution is -2.54. The third-order valence-electron chi connectivity index (χ3n) is 6.48. The largest absolute Gasteiger partial charge is 0.368 e. The minimum atomic E-state index is -0.343. The van der Waals surface area contributed by atoms with Crippen LogP contribution in [0.15, 0.2) is 36.5 Å². The number of hydrogen-bond acceptors (Lipinski definition) is 4. The van der Waals surface area contributed by atoms with Crippen molar-refractivity contribution in [3.63, 3.8) is 0 Å². The fourth-order valence-electron chi connectivity index (χ4n) is 4.87. The number of carbonyl (C=O) groups is 1. The highest BCUT2D eigenvalue weighted by molar-refractivity contribution is 5.82. The first-order valence-electron chi connectivity index (χ1n) is 10.6. The summed E-state index contributed by atoms with van der Waals surface area (Å²) >= 11 is 0. The van der Waals surface area contributed by atoms with Crippen LogP contribution in [-0.2, 0) is 21.6 Å². The number of carbonyl (C=O) groups excluding carboxylic acids is 1. The molecule has 1 amide bonds. The quantitative estimate of drug-likeness (QED) is 0.869. The van der Waals surface area contributed by atoms with Gasteiger partial charge in [0, 0.05) is 19.3 Å². The molecule has 148 valence electrons. The number of piperidine rings is 2. The van der Waals surface area contributed by atoms with Crippen molar-refractivity contribution in [2.24, 2.45) is 0 Å². The fourth-order valence-corrected chi connectivity index (χ4v) is 4.87. The number of hydrogen-bond donors (Lipinski definition) is 1. The number of likely N-dealkylation sites (tertiary alicyclic amines) is 1. The number of fused-ring (bicyclic) bond motifs is 2. The first-order valence-corrected chi connectivity index (χ1v) is 10.6. The van der Waals surface area contributed by atoms with E-state index in [1.165, 1.54) is 12.0 Å². The number of nitrogens with one attached hydrogen (secondary N) is 1. The zero-order valence-electron chi connectivity index (χ0n) is 16.3. The van der Waals surface area contributed by atoms with E-state index in [1.807, 2.05) is 27.8 Å². The van der Waals surface area contributed by atoms with E-state index in [1.54, 1.807) is 0 Å². The number of aromatic nitrogens is 2. The first-order chi connectivity index (χ1) is 13.8. The average Bonchev–Trinajstić information content (AvgIpc) is 3.21. The monoisotopic (exact) mass is 380 g/mol. The van der Waals surface area contributed by atoms with Crippen LogP contribution in [-0.4, -0.2) is 52.9 Å². The van der Waals surface area contributed by atoms with Crippen LogP contribution in [0, 0.1) is 0 Å². The molecule has 1 aromatic carbocycles. The molecule has 0 radical (unpaired) electrons. The van der Waals surface area contributed by atoms with Crippen LogP contribution in [0.4, 0.5) is 0 Å². The zero-order valence-corrected chi connectivity index (χ0v) is 16.3. The summed E-state index contributed by atoms with van der Waals surface area (Å²) < 4.78 is 8.30. The van der Waals surface area contributed by atoms with Gasteiger partial charge in [-0.05, 0) is 56.3 Å². The van der Waals surface area contributed by atoms with Gasteiger partial charge in [0.05, 0.1) is 24.0 Å². The lowest BCUT2D eigenvalue weighted by molar-refractivity contribution is -0.143. The van der Waals surface area contributed by atoms with E-state index in [9.17, 15) is 4.79 Å². The Morgan fingerprint density at radius 2 is 2.00 bits per heavy atom. The minimum Gasteiger partial charge on any atom is -0.368 e. The van der Waals surface area contributed by atoms with Gasteiger partial charge < -0.3 is 15.0 Å². The molecule has 0 saturated carbocycles. The van der Waals surface area contributed by atoms with Crippen molar-refractivity contribution in [2.75, 3.05) is 26.2 Å². The molecule has 2 fully saturated rings. The van der Waals surface area contributed by atoms with E-state index in [4.69, 9.17) is 9.84 Å². The van der Waals surface area contributed by atoms with Crippen LogP contribution in [0.3, 0.4) is 0 Å². The Labute approximate surface area is 165 Å². The number of para-hydroxylation sites is 1. The highest BCUT2D eigenvalue weighted by atomic mass is 16.5. The highest BCUT2D eigenvalue weighted by Gasteiger charge is 2.44. The maximum Gasteiger partial charge on any atom is 0.239 e. The molecule has 6 heteroatoms. The summed E-state index contributed by atoms with van der Waals surface area (Å²) in [5.74, 6) is 0.264. The first kappa shape index (κ1) is 17.9. The summed E-state index contributed by atoms with van der Waals surface area (Å²) in [6.45, 7) is 3.17. The Hall–Kier alpha value is -2.18. The molecule has 1 atom stereocenters. The standard InChI is InChI=1S/C22H28N4O2/c27-21(19-8-4-5-12-23-19)25-13-10-22(11-14-25)20-17(9-15-28-22)16-26(24-20)18-6-2-1-3-7-18/h1-3,6-7,16,19,23H,4-5,8-15H2/t19-/m0/s1. The molecule has 6 nitrogen and oxygen atoms in total. The second-order valence-corrected chi connectivity index (χ2v) is 8.20. The van der Waals surface area contributed by atoms with Gasteiger partial charge in [0.1, 0.15) is 5.60 Å². The average molecular weight is 380 g/mol. The molecule has 2 aromatic rings. The Kier molecular flexibility index (Phi) is 4.69. The number of benzene rings is 1. The van der Waals surface area contributed by atoms with E-state index in [0.717, 1.165) is 69.7 Å². The SMILES string of the molecule is O=C([C@@H]1CCCCN1)N1CCC2(CC1)OCCc1cn(-c3ccccc3)nc12. The van der Waals surface area contributed by atoms with Crippen molar-refractivity contribution in [2.45, 2.75) is 50.2 Å². The van der Waals surface area contributed by atoms with Crippen LogP contribution in [0.5, 0.6) is 0 Å². The highest BCUT2D eigenvalue weighted by Crippen LogP contribution is 2.41. The molecule has 3 aliphatic rings. The number of rotatable bonds is 2. The molecule has 2 saturated heterocycles. The summed E-state index contributed by atoms with van der Waals surface area (Å²) in [5.41, 5.74) is 3.09. The van der Waals surface area contributed by atoms with Gasteiger partial charge in [0.25, 0.3) is 0 Å². The Balaban J connectivity index is 1.34. The van der Waals surface area contributed by atoms with E-state index in [0.29, 0.717) is 0 Å². The number of ether oxygens (including phenoxy) is 1. The third-order valence-corrected chi connectivity index (χ3v) is 6.48. The van der Waals surface area contributed by atoms with Gasteiger partial charge >= 0.3 is 0 Å². The Bertz CT molecular complexity index is 833. The van der Waals surface area contributed by atoms with Crippen LogP contribution < -0.4 is 5.32 Å². The van der Waals surface area contributed by atoms with Crippen molar-refractivity contribution >= 4 is 5.91 Å².